The van der Waals surface area contributed by atoms with Crippen LogP contribution in [0.4, 0.5) is 0 Å². The number of rotatable bonds is 4. The molecule has 0 fully saturated rings. The molecule has 9 aromatic rings. The van der Waals surface area contributed by atoms with Gasteiger partial charge in [0.2, 0.25) is 0 Å². The van der Waals surface area contributed by atoms with Crippen LogP contribution in [-0.4, -0.2) is 9.97 Å². The van der Waals surface area contributed by atoms with E-state index < -0.39 is 0 Å². The Morgan fingerprint density at radius 1 is 0.551 bits per heavy atom. The lowest BCUT2D eigenvalue weighted by Crippen LogP contribution is -2.00. The molecular weight excluding hydrogens is 597 g/mol. The molecule has 10 rings (SSSR count). The number of hydrogen-bond acceptors (Lipinski definition) is 3. The molecular formula is C46H30N2O. The zero-order valence-electron chi connectivity index (χ0n) is 26.7. The van der Waals surface area contributed by atoms with E-state index in [1.165, 1.54) is 32.9 Å². The first-order valence-corrected chi connectivity index (χ1v) is 16.9. The van der Waals surface area contributed by atoms with Crippen molar-refractivity contribution in [2.75, 3.05) is 0 Å². The van der Waals surface area contributed by atoms with Gasteiger partial charge in [-0.15, -0.1) is 0 Å². The van der Waals surface area contributed by atoms with Crippen LogP contribution < -0.4 is 0 Å². The molecule has 3 nitrogen and oxygen atoms in total. The summed E-state index contributed by atoms with van der Waals surface area (Å²) in [4.78, 5) is 10.0. The molecule has 0 radical (unpaired) electrons. The zero-order chi connectivity index (χ0) is 32.3. The second-order valence-electron chi connectivity index (χ2n) is 12.9. The predicted octanol–water partition coefficient (Wildman–Crippen LogP) is 12.3. The Labute approximate surface area is 283 Å². The highest BCUT2D eigenvalue weighted by molar-refractivity contribution is 6.18. The number of benzene rings is 7. The van der Waals surface area contributed by atoms with Crippen molar-refractivity contribution in [1.29, 1.82) is 0 Å². The van der Waals surface area contributed by atoms with E-state index >= 15 is 0 Å². The molecule has 230 valence electrons. The van der Waals surface area contributed by atoms with E-state index in [0.717, 1.165) is 61.5 Å². The summed E-state index contributed by atoms with van der Waals surface area (Å²) in [6.07, 6.45) is 8.06. The minimum absolute atomic E-state index is 0.346. The monoisotopic (exact) mass is 626 g/mol. The van der Waals surface area contributed by atoms with Crippen molar-refractivity contribution >= 4 is 60.0 Å². The number of allylic oxidation sites excluding steroid dienone is 4. The van der Waals surface area contributed by atoms with Crippen LogP contribution in [0.15, 0.2) is 168 Å². The molecule has 0 spiro atoms. The van der Waals surface area contributed by atoms with E-state index in [9.17, 15) is 0 Å². The smallest absolute Gasteiger partial charge is 0.160 e. The van der Waals surface area contributed by atoms with Crippen molar-refractivity contribution in [3.8, 4) is 22.6 Å². The van der Waals surface area contributed by atoms with Gasteiger partial charge < -0.3 is 4.42 Å². The van der Waals surface area contributed by atoms with E-state index in [4.69, 9.17) is 14.4 Å². The second-order valence-corrected chi connectivity index (χ2v) is 12.9. The zero-order valence-corrected chi connectivity index (χ0v) is 26.7. The van der Waals surface area contributed by atoms with Crippen molar-refractivity contribution < 1.29 is 4.42 Å². The Morgan fingerprint density at radius 2 is 1.31 bits per heavy atom. The van der Waals surface area contributed by atoms with Crippen LogP contribution in [0.3, 0.4) is 0 Å². The van der Waals surface area contributed by atoms with Crippen molar-refractivity contribution in [3.05, 3.63) is 175 Å². The maximum atomic E-state index is 6.73. The molecule has 3 heteroatoms. The normalized spacial score (nSPS) is 14.7. The summed E-state index contributed by atoms with van der Waals surface area (Å²) in [7, 11) is 0. The van der Waals surface area contributed by atoms with Gasteiger partial charge in [0.1, 0.15) is 11.2 Å². The second kappa shape index (κ2) is 11.1. The first-order chi connectivity index (χ1) is 24.3. The third-order valence-corrected chi connectivity index (χ3v) is 10.0. The van der Waals surface area contributed by atoms with Crippen LogP contribution in [0.2, 0.25) is 0 Å². The summed E-state index contributed by atoms with van der Waals surface area (Å²) in [5.74, 6) is 1.06. The van der Waals surface area contributed by atoms with Crippen LogP contribution in [0, 0.1) is 0 Å². The molecule has 0 aliphatic heterocycles. The Balaban J connectivity index is 1.09. The maximum absolute atomic E-state index is 6.73. The van der Waals surface area contributed by atoms with Gasteiger partial charge in [0.25, 0.3) is 0 Å². The molecule has 0 bridgehead atoms. The van der Waals surface area contributed by atoms with E-state index in [-0.39, 0.29) is 0 Å². The number of hydrogen-bond donors (Lipinski definition) is 0. The van der Waals surface area contributed by atoms with E-state index in [1.54, 1.807) is 0 Å². The Morgan fingerprint density at radius 3 is 2.16 bits per heavy atom. The van der Waals surface area contributed by atoms with Gasteiger partial charge in [-0.3, -0.25) is 0 Å². The largest absolute Gasteiger partial charge is 0.455 e. The van der Waals surface area contributed by atoms with Gasteiger partial charge in [0.05, 0.1) is 11.2 Å². The minimum Gasteiger partial charge on any atom is -0.455 e. The van der Waals surface area contributed by atoms with E-state index in [2.05, 4.69) is 133 Å². The SMILES string of the molecule is C1=CC(c2cccc3ccccc23)CC=C1c1cc2c3ccc(-c4nc(-c5ccccc5)nc5ccccc45)cc3oc2c2ccccc12. The number of nitrogens with zero attached hydrogens (tertiary/aromatic N) is 2. The van der Waals surface area contributed by atoms with Crippen LogP contribution in [-0.2, 0) is 0 Å². The molecule has 1 aliphatic carbocycles. The summed E-state index contributed by atoms with van der Waals surface area (Å²) >= 11 is 0. The fraction of sp³-hybridized carbons (Fsp3) is 0.0435. The molecule has 0 amide bonds. The van der Waals surface area contributed by atoms with Gasteiger partial charge in [-0.1, -0.05) is 140 Å². The maximum Gasteiger partial charge on any atom is 0.160 e. The van der Waals surface area contributed by atoms with Gasteiger partial charge in [-0.05, 0) is 63.5 Å². The lowest BCUT2D eigenvalue weighted by Gasteiger charge is -2.19. The van der Waals surface area contributed by atoms with Crippen molar-refractivity contribution in [1.82, 2.24) is 9.97 Å². The summed E-state index contributed by atoms with van der Waals surface area (Å²) in [6, 6.07) is 51.2. The molecule has 2 heterocycles. The van der Waals surface area contributed by atoms with Crippen molar-refractivity contribution in [2.24, 2.45) is 0 Å². The quantitative estimate of drug-likeness (QED) is 0.195. The summed E-state index contributed by atoms with van der Waals surface area (Å²) in [6.45, 7) is 0. The average molecular weight is 627 g/mol. The summed E-state index contributed by atoms with van der Waals surface area (Å²) in [5.41, 5.74) is 9.45. The molecule has 49 heavy (non-hydrogen) atoms. The fourth-order valence-electron chi connectivity index (χ4n) is 7.62. The molecule has 1 atom stereocenters. The molecule has 1 aliphatic rings. The standard InChI is InChI=1S/C46H30N2O/c1-2-12-32(13-3-1)46-47-42-20-9-8-18-39(42)44(48-46)33-25-26-37-41-28-40(36-16-6-7-17-38(36)45(41)49-43(37)27-33)31-23-21-30(22-24-31)35-19-10-14-29-11-4-5-15-34(29)35/h1-21,23-28,30H,22H2. The average Bonchev–Trinajstić information content (AvgIpc) is 3.55. The lowest BCUT2D eigenvalue weighted by molar-refractivity contribution is 0.673. The first kappa shape index (κ1) is 27.8. The van der Waals surface area contributed by atoms with Crippen LogP contribution in [0.1, 0.15) is 23.5 Å². The predicted molar refractivity (Wildman–Crippen MR) is 204 cm³/mol. The number of aromatic nitrogens is 2. The minimum atomic E-state index is 0.346. The van der Waals surface area contributed by atoms with Crippen molar-refractivity contribution in [2.45, 2.75) is 12.3 Å². The fourth-order valence-corrected chi connectivity index (χ4v) is 7.62. The molecule has 0 saturated heterocycles. The van der Waals surface area contributed by atoms with E-state index in [1.807, 2.05) is 30.3 Å². The van der Waals surface area contributed by atoms with Crippen molar-refractivity contribution in [3.63, 3.8) is 0 Å². The topological polar surface area (TPSA) is 38.9 Å². The highest BCUT2D eigenvalue weighted by Crippen LogP contribution is 2.42. The highest BCUT2D eigenvalue weighted by Gasteiger charge is 2.20. The van der Waals surface area contributed by atoms with E-state index in [0.29, 0.717) is 11.7 Å². The number of fused-ring (bicyclic) bond motifs is 7. The third-order valence-electron chi connectivity index (χ3n) is 10.0. The Bertz CT molecular complexity index is 2800. The lowest BCUT2D eigenvalue weighted by atomic mass is 9.84. The van der Waals surface area contributed by atoms with Gasteiger partial charge in [0.15, 0.2) is 5.82 Å². The molecule has 0 N–H and O–H groups in total. The number of furan rings is 1. The third kappa shape index (κ3) is 4.58. The molecule has 7 aromatic carbocycles. The Hall–Kier alpha value is -6.32. The Kier molecular flexibility index (Phi) is 6.31. The van der Waals surface area contributed by atoms with Gasteiger partial charge in [-0.2, -0.15) is 0 Å². The summed E-state index contributed by atoms with van der Waals surface area (Å²) < 4.78 is 6.73. The highest BCUT2D eigenvalue weighted by atomic mass is 16.3. The molecule has 1 unspecified atom stereocenters. The number of para-hydroxylation sites is 1. The summed E-state index contributed by atoms with van der Waals surface area (Å²) in [5, 5.41) is 8.18. The molecule has 2 aromatic heterocycles. The molecule has 0 saturated carbocycles. The van der Waals surface area contributed by atoms with Gasteiger partial charge >= 0.3 is 0 Å². The van der Waals surface area contributed by atoms with Crippen LogP contribution in [0.25, 0.3) is 82.6 Å². The van der Waals surface area contributed by atoms with Crippen LogP contribution in [0.5, 0.6) is 0 Å². The van der Waals surface area contributed by atoms with Gasteiger partial charge in [0, 0.05) is 38.6 Å². The first-order valence-electron chi connectivity index (χ1n) is 16.9. The van der Waals surface area contributed by atoms with Crippen LogP contribution >= 0.6 is 0 Å². The van der Waals surface area contributed by atoms with Gasteiger partial charge in [-0.25, -0.2) is 9.97 Å².